The molecule has 1 unspecified atom stereocenters. The van der Waals surface area contributed by atoms with E-state index in [4.69, 9.17) is 16.7 Å². The van der Waals surface area contributed by atoms with Gasteiger partial charge in [-0.2, -0.15) is 0 Å². The minimum Gasteiger partial charge on any atom is -0.396 e. The van der Waals surface area contributed by atoms with Gasteiger partial charge >= 0.3 is 0 Å². The smallest absolute Gasteiger partial charge is 0.135 e. The van der Waals surface area contributed by atoms with Crippen molar-refractivity contribution in [1.29, 1.82) is 0 Å². The number of rotatable bonds is 5. The Labute approximate surface area is 66.2 Å². The van der Waals surface area contributed by atoms with E-state index in [-0.39, 0.29) is 18.3 Å². The van der Waals surface area contributed by atoms with E-state index in [9.17, 15) is 4.79 Å². The van der Waals surface area contributed by atoms with Gasteiger partial charge in [-0.15, -0.1) is 11.6 Å². The fraction of sp³-hybridized carbons (Fsp3) is 0.857. The molecule has 0 saturated heterocycles. The topological polar surface area (TPSA) is 37.3 Å². The zero-order valence-corrected chi connectivity index (χ0v) is 6.90. The van der Waals surface area contributed by atoms with E-state index < -0.39 is 0 Å². The third-order valence-electron chi connectivity index (χ3n) is 1.48. The maximum absolute atomic E-state index is 10.7. The predicted molar refractivity (Wildman–Crippen MR) is 41.2 cm³/mol. The molecule has 0 radical (unpaired) electrons. The molecule has 0 spiro atoms. The summed E-state index contributed by atoms with van der Waals surface area (Å²) in [7, 11) is 0. The molecule has 0 rings (SSSR count). The molecular formula is C7H13ClO2. The molecule has 0 bridgehead atoms. The molecule has 2 nitrogen and oxygen atoms in total. The highest BCUT2D eigenvalue weighted by atomic mass is 35.5. The summed E-state index contributed by atoms with van der Waals surface area (Å²) in [5.41, 5.74) is 0. The number of hydrogen-bond acceptors (Lipinski definition) is 2. The van der Waals surface area contributed by atoms with Gasteiger partial charge in [-0.3, -0.25) is 4.79 Å². The molecule has 1 N–H and O–H groups in total. The van der Waals surface area contributed by atoms with Crippen LogP contribution >= 0.6 is 11.6 Å². The van der Waals surface area contributed by atoms with Crippen molar-refractivity contribution in [3.8, 4) is 0 Å². The molecule has 1 atom stereocenters. The van der Waals surface area contributed by atoms with Gasteiger partial charge in [0.2, 0.25) is 0 Å². The first-order valence-electron chi connectivity index (χ1n) is 3.39. The van der Waals surface area contributed by atoms with Gasteiger partial charge in [0.1, 0.15) is 5.78 Å². The van der Waals surface area contributed by atoms with Crippen molar-refractivity contribution in [3.05, 3.63) is 0 Å². The highest BCUT2D eigenvalue weighted by Crippen LogP contribution is 2.07. The summed E-state index contributed by atoms with van der Waals surface area (Å²) in [5, 5.41) is 8.66. The summed E-state index contributed by atoms with van der Waals surface area (Å²) in [6, 6.07) is 0. The van der Waals surface area contributed by atoms with Crippen molar-refractivity contribution < 1.29 is 9.90 Å². The maximum atomic E-state index is 10.7. The first kappa shape index (κ1) is 9.92. The normalized spacial score (nSPS) is 13.1. The van der Waals surface area contributed by atoms with Gasteiger partial charge in [0.25, 0.3) is 0 Å². The number of ketones is 1. The average molecular weight is 165 g/mol. The van der Waals surface area contributed by atoms with Crippen molar-refractivity contribution in [2.75, 3.05) is 12.5 Å². The maximum Gasteiger partial charge on any atom is 0.135 e. The second kappa shape index (κ2) is 5.69. The Morgan fingerprint density at radius 2 is 2.30 bits per heavy atom. The summed E-state index contributed by atoms with van der Waals surface area (Å²) < 4.78 is 0. The van der Waals surface area contributed by atoms with E-state index in [0.717, 1.165) is 6.42 Å². The van der Waals surface area contributed by atoms with E-state index in [0.29, 0.717) is 12.3 Å². The van der Waals surface area contributed by atoms with Gasteiger partial charge in [0, 0.05) is 11.8 Å². The number of Topliss-reactive ketones (excluding diaryl/α,β-unsaturated/α-hetero) is 1. The third-order valence-corrected chi connectivity index (χ3v) is 1.75. The Bertz CT molecular complexity index is 104. The lowest BCUT2D eigenvalue weighted by molar-refractivity contribution is -0.122. The third kappa shape index (κ3) is 3.85. The van der Waals surface area contributed by atoms with Gasteiger partial charge in [0.05, 0.1) is 6.61 Å². The average Bonchev–Trinajstić information content (AvgIpc) is 1.89. The van der Waals surface area contributed by atoms with E-state index in [1.165, 1.54) is 6.92 Å². The Morgan fingerprint density at radius 3 is 2.60 bits per heavy atom. The van der Waals surface area contributed by atoms with Crippen molar-refractivity contribution in [3.63, 3.8) is 0 Å². The van der Waals surface area contributed by atoms with Gasteiger partial charge in [-0.25, -0.2) is 0 Å². The van der Waals surface area contributed by atoms with Crippen molar-refractivity contribution in [2.45, 2.75) is 19.8 Å². The molecular weight excluding hydrogens is 152 g/mol. The van der Waals surface area contributed by atoms with Crippen LogP contribution in [0.3, 0.4) is 0 Å². The first-order chi connectivity index (χ1) is 4.72. The molecule has 60 valence electrons. The number of carbonyl (C=O) groups is 1. The van der Waals surface area contributed by atoms with Gasteiger partial charge < -0.3 is 5.11 Å². The number of halogens is 1. The number of aliphatic hydroxyl groups is 1. The van der Waals surface area contributed by atoms with Crippen molar-refractivity contribution in [2.24, 2.45) is 5.92 Å². The summed E-state index contributed by atoms with van der Waals surface area (Å²) >= 11 is 5.41. The Kier molecular flexibility index (Phi) is 5.64. The van der Waals surface area contributed by atoms with Gasteiger partial charge in [0.15, 0.2) is 0 Å². The summed E-state index contributed by atoms with van der Waals surface area (Å²) in [4.78, 5) is 10.7. The second-order valence-electron chi connectivity index (χ2n) is 2.32. The van der Waals surface area contributed by atoms with Crippen LogP contribution in [0, 0.1) is 5.92 Å². The van der Waals surface area contributed by atoms with Crippen LogP contribution in [-0.4, -0.2) is 23.4 Å². The molecule has 0 heterocycles. The van der Waals surface area contributed by atoms with Gasteiger partial charge in [-0.05, 0) is 19.8 Å². The Hall–Kier alpha value is -0.0800. The number of carbonyl (C=O) groups excluding carboxylic acids is 1. The van der Waals surface area contributed by atoms with Crippen molar-refractivity contribution in [1.82, 2.24) is 0 Å². The summed E-state index contributed by atoms with van der Waals surface area (Å²) in [6.07, 6.45) is 1.50. The van der Waals surface area contributed by atoms with Gasteiger partial charge in [-0.1, -0.05) is 0 Å². The van der Waals surface area contributed by atoms with Crippen molar-refractivity contribution >= 4 is 17.4 Å². The standard InChI is InChI=1S/C7H13ClO2/c1-6(10)7(5-9)3-2-4-8/h7,9H,2-5H2,1H3. The van der Waals surface area contributed by atoms with Crippen LogP contribution in [0.15, 0.2) is 0 Å². The first-order valence-corrected chi connectivity index (χ1v) is 3.93. The predicted octanol–water partition coefficient (Wildman–Crippen LogP) is 1.20. The van der Waals surface area contributed by atoms with E-state index in [2.05, 4.69) is 0 Å². The van der Waals surface area contributed by atoms with E-state index in [1.807, 2.05) is 0 Å². The number of hydrogen-bond donors (Lipinski definition) is 1. The van der Waals surface area contributed by atoms with Crippen LogP contribution in [0.25, 0.3) is 0 Å². The molecule has 0 aromatic carbocycles. The van der Waals surface area contributed by atoms with Crippen LogP contribution in [-0.2, 0) is 4.79 Å². The molecule has 10 heavy (non-hydrogen) atoms. The molecule has 0 aliphatic carbocycles. The van der Waals surface area contributed by atoms with Crippen LogP contribution in [0.5, 0.6) is 0 Å². The molecule has 0 aliphatic heterocycles. The SMILES string of the molecule is CC(=O)C(CO)CCCCl. The number of aliphatic hydroxyl groups excluding tert-OH is 1. The fourth-order valence-corrected chi connectivity index (χ4v) is 0.901. The molecule has 0 saturated carbocycles. The second-order valence-corrected chi connectivity index (χ2v) is 2.70. The molecule has 3 heteroatoms. The zero-order chi connectivity index (χ0) is 7.98. The molecule has 0 aliphatic rings. The summed E-state index contributed by atoms with van der Waals surface area (Å²) in [5.74, 6) is 0.412. The van der Waals surface area contributed by atoms with Crippen LogP contribution in [0.1, 0.15) is 19.8 Å². The molecule has 0 aromatic heterocycles. The van der Waals surface area contributed by atoms with Crippen LogP contribution in [0.2, 0.25) is 0 Å². The minimum atomic E-state index is -0.196. The summed E-state index contributed by atoms with van der Waals surface area (Å²) in [6.45, 7) is 1.45. The van der Waals surface area contributed by atoms with E-state index in [1.54, 1.807) is 0 Å². The monoisotopic (exact) mass is 164 g/mol. The highest BCUT2D eigenvalue weighted by Gasteiger charge is 2.11. The Balaban J connectivity index is 3.50. The Morgan fingerprint density at radius 1 is 1.70 bits per heavy atom. The highest BCUT2D eigenvalue weighted by molar-refractivity contribution is 6.17. The van der Waals surface area contributed by atoms with E-state index >= 15 is 0 Å². The lowest BCUT2D eigenvalue weighted by Gasteiger charge is -2.07. The minimum absolute atomic E-state index is 0.0487. The quantitative estimate of drug-likeness (QED) is 0.621. The zero-order valence-electron chi connectivity index (χ0n) is 6.14. The van der Waals surface area contributed by atoms with Crippen LogP contribution in [0.4, 0.5) is 0 Å². The molecule has 0 aromatic rings. The fourth-order valence-electron chi connectivity index (χ4n) is 0.747. The van der Waals surface area contributed by atoms with Crippen LogP contribution < -0.4 is 0 Å². The lowest BCUT2D eigenvalue weighted by atomic mass is 10.0. The lowest BCUT2D eigenvalue weighted by Crippen LogP contribution is -2.15. The number of alkyl halides is 1. The molecule has 0 fully saturated rings. The molecule has 0 amide bonds. The largest absolute Gasteiger partial charge is 0.396 e.